The normalized spacial score (nSPS) is 12.0. The van der Waals surface area contributed by atoms with Crippen LogP contribution in [0.15, 0.2) is 108 Å². The van der Waals surface area contributed by atoms with E-state index >= 15 is 0 Å². The van der Waals surface area contributed by atoms with Gasteiger partial charge in [0.2, 0.25) is 11.8 Å². The Balaban J connectivity index is 1.79. The Morgan fingerprint density at radius 1 is 0.826 bits per heavy atom. The molecule has 11 heteroatoms. The van der Waals surface area contributed by atoms with Crippen molar-refractivity contribution in [2.45, 2.75) is 37.8 Å². The van der Waals surface area contributed by atoms with E-state index in [1.165, 1.54) is 42.3 Å². The highest BCUT2D eigenvalue weighted by Crippen LogP contribution is 2.28. The lowest BCUT2D eigenvalue weighted by atomic mass is 10.0. The summed E-state index contributed by atoms with van der Waals surface area (Å²) in [5.41, 5.74) is 1.77. The number of methoxy groups -OCH3 is 1. The molecule has 4 rings (SSSR count). The molecule has 46 heavy (non-hydrogen) atoms. The van der Waals surface area contributed by atoms with Crippen LogP contribution in [0.25, 0.3) is 0 Å². The van der Waals surface area contributed by atoms with Gasteiger partial charge in [-0.25, -0.2) is 8.42 Å². The first-order chi connectivity index (χ1) is 22.0. The standard InChI is InChI=1S/C35H37Cl2N3O5S/c1-25(2)22-38-35(42)33(20-26-8-5-4-6-9-26)39(23-27-12-14-28(36)15-13-27)34(41)24-40(30-11-7-10-29(37)21-30)46(43,44)32-18-16-31(45-3)17-19-32/h4-19,21,25,33H,20,22-24H2,1-3H3,(H,38,42)/t33-/m1/s1. The van der Waals surface area contributed by atoms with Crippen molar-refractivity contribution in [3.8, 4) is 5.75 Å². The van der Waals surface area contributed by atoms with Crippen LogP contribution in [0.4, 0.5) is 5.69 Å². The van der Waals surface area contributed by atoms with Crippen molar-refractivity contribution in [1.82, 2.24) is 10.2 Å². The number of benzene rings is 4. The molecule has 0 saturated heterocycles. The molecule has 0 fully saturated rings. The van der Waals surface area contributed by atoms with Crippen molar-refractivity contribution < 1.29 is 22.7 Å². The quantitative estimate of drug-likeness (QED) is 0.162. The van der Waals surface area contributed by atoms with E-state index in [2.05, 4.69) is 5.32 Å². The van der Waals surface area contributed by atoms with Crippen molar-refractivity contribution in [3.05, 3.63) is 124 Å². The minimum Gasteiger partial charge on any atom is -0.497 e. The molecule has 0 aliphatic rings. The summed E-state index contributed by atoms with van der Waals surface area (Å²) < 4.78 is 34.5. The number of amides is 2. The number of carbonyl (C=O) groups is 2. The summed E-state index contributed by atoms with van der Waals surface area (Å²) in [6, 6.07) is 27.6. The third-order valence-corrected chi connectivity index (χ3v) is 9.52. The fourth-order valence-electron chi connectivity index (χ4n) is 4.80. The van der Waals surface area contributed by atoms with Crippen LogP contribution in [-0.4, -0.2) is 51.4 Å². The minimum absolute atomic E-state index is 0.0363. The second kappa shape index (κ2) is 16.0. The van der Waals surface area contributed by atoms with E-state index in [0.29, 0.717) is 22.3 Å². The number of carbonyl (C=O) groups excluding carboxylic acids is 2. The van der Waals surface area contributed by atoms with E-state index in [4.69, 9.17) is 27.9 Å². The van der Waals surface area contributed by atoms with E-state index < -0.39 is 28.5 Å². The van der Waals surface area contributed by atoms with E-state index in [1.807, 2.05) is 44.2 Å². The summed E-state index contributed by atoms with van der Waals surface area (Å²) >= 11 is 12.4. The fourth-order valence-corrected chi connectivity index (χ4v) is 6.51. The Kier molecular flexibility index (Phi) is 12.1. The molecule has 0 radical (unpaired) electrons. The van der Waals surface area contributed by atoms with Crippen molar-refractivity contribution in [3.63, 3.8) is 0 Å². The summed E-state index contributed by atoms with van der Waals surface area (Å²) in [6.45, 7) is 3.82. The maximum absolute atomic E-state index is 14.5. The van der Waals surface area contributed by atoms with E-state index in [0.717, 1.165) is 15.4 Å². The van der Waals surface area contributed by atoms with Crippen LogP contribution in [0, 0.1) is 5.92 Å². The van der Waals surface area contributed by atoms with Crippen molar-refractivity contribution in [2.75, 3.05) is 24.5 Å². The molecule has 1 N–H and O–H groups in total. The highest BCUT2D eigenvalue weighted by Gasteiger charge is 2.34. The lowest BCUT2D eigenvalue weighted by Gasteiger charge is -2.34. The number of hydrogen-bond acceptors (Lipinski definition) is 5. The topological polar surface area (TPSA) is 96.0 Å². The van der Waals surface area contributed by atoms with Gasteiger partial charge in [0.25, 0.3) is 10.0 Å². The largest absolute Gasteiger partial charge is 0.497 e. The number of ether oxygens (including phenoxy) is 1. The van der Waals surface area contributed by atoms with Crippen molar-refractivity contribution in [2.24, 2.45) is 5.92 Å². The zero-order valence-electron chi connectivity index (χ0n) is 25.9. The Morgan fingerprint density at radius 2 is 1.50 bits per heavy atom. The van der Waals surface area contributed by atoms with Gasteiger partial charge in [0.05, 0.1) is 17.7 Å². The van der Waals surface area contributed by atoms with Crippen LogP contribution in [0.3, 0.4) is 0 Å². The highest BCUT2D eigenvalue weighted by atomic mass is 35.5. The number of sulfonamides is 1. The number of rotatable bonds is 14. The molecule has 242 valence electrons. The Hall–Kier alpha value is -4.05. The van der Waals surface area contributed by atoms with E-state index in [1.54, 1.807) is 42.5 Å². The minimum atomic E-state index is -4.28. The van der Waals surface area contributed by atoms with Gasteiger partial charge in [0.1, 0.15) is 18.3 Å². The van der Waals surface area contributed by atoms with Gasteiger partial charge < -0.3 is 15.0 Å². The third-order valence-electron chi connectivity index (χ3n) is 7.24. The molecule has 2 amide bonds. The molecular formula is C35H37Cl2N3O5S. The first-order valence-corrected chi connectivity index (χ1v) is 17.0. The molecule has 0 aliphatic carbocycles. The van der Waals surface area contributed by atoms with Crippen LogP contribution >= 0.6 is 23.2 Å². The molecule has 0 aliphatic heterocycles. The highest BCUT2D eigenvalue weighted by molar-refractivity contribution is 7.92. The second-order valence-electron chi connectivity index (χ2n) is 11.2. The monoisotopic (exact) mass is 681 g/mol. The Labute approximate surface area is 280 Å². The summed E-state index contributed by atoms with van der Waals surface area (Å²) in [5, 5.41) is 3.80. The first-order valence-electron chi connectivity index (χ1n) is 14.8. The lowest BCUT2D eigenvalue weighted by Crippen LogP contribution is -2.53. The number of anilines is 1. The first kappa shape index (κ1) is 34.8. The summed E-state index contributed by atoms with van der Waals surface area (Å²) in [7, 11) is -2.79. The average Bonchev–Trinajstić information content (AvgIpc) is 3.05. The number of hydrogen-bond donors (Lipinski definition) is 1. The molecule has 0 unspecified atom stereocenters. The van der Waals surface area contributed by atoms with Crippen LogP contribution < -0.4 is 14.4 Å². The number of halogens is 2. The predicted molar refractivity (Wildman–Crippen MR) is 183 cm³/mol. The van der Waals surface area contributed by atoms with Gasteiger partial charge in [-0.15, -0.1) is 0 Å². The zero-order chi connectivity index (χ0) is 33.3. The molecule has 0 bridgehead atoms. The third kappa shape index (κ3) is 9.25. The maximum atomic E-state index is 14.5. The molecule has 1 atom stereocenters. The summed E-state index contributed by atoms with van der Waals surface area (Å²) in [5.74, 6) is -0.260. The molecule has 0 spiro atoms. The van der Waals surface area contributed by atoms with Gasteiger partial charge in [-0.1, -0.05) is 85.6 Å². The SMILES string of the molecule is COc1ccc(S(=O)(=O)N(CC(=O)N(Cc2ccc(Cl)cc2)[C@H](Cc2ccccc2)C(=O)NCC(C)C)c2cccc(Cl)c2)cc1. The van der Waals surface area contributed by atoms with E-state index in [-0.39, 0.29) is 35.4 Å². The van der Waals surface area contributed by atoms with Crippen molar-refractivity contribution >= 4 is 50.7 Å². The summed E-state index contributed by atoms with van der Waals surface area (Å²) in [4.78, 5) is 29.7. The van der Waals surface area contributed by atoms with Crippen LogP contribution in [0.1, 0.15) is 25.0 Å². The number of nitrogens with zero attached hydrogens (tertiary/aromatic N) is 2. The van der Waals surface area contributed by atoms with Gasteiger partial charge in [-0.05, 0) is 71.6 Å². The van der Waals surface area contributed by atoms with Gasteiger partial charge in [-0.2, -0.15) is 0 Å². The maximum Gasteiger partial charge on any atom is 0.264 e. The smallest absolute Gasteiger partial charge is 0.264 e. The van der Waals surface area contributed by atoms with Gasteiger partial charge in [-0.3, -0.25) is 13.9 Å². The molecule has 4 aromatic rings. The van der Waals surface area contributed by atoms with Gasteiger partial charge >= 0.3 is 0 Å². The molecule has 0 heterocycles. The zero-order valence-corrected chi connectivity index (χ0v) is 28.2. The van der Waals surface area contributed by atoms with Gasteiger partial charge in [0.15, 0.2) is 0 Å². The summed E-state index contributed by atoms with van der Waals surface area (Å²) in [6.07, 6.45) is 0.215. The van der Waals surface area contributed by atoms with Crippen molar-refractivity contribution in [1.29, 1.82) is 0 Å². The molecule has 0 aromatic heterocycles. The molecule has 0 saturated carbocycles. The van der Waals surface area contributed by atoms with Crippen LogP contribution in [0.2, 0.25) is 10.0 Å². The van der Waals surface area contributed by atoms with Gasteiger partial charge in [0, 0.05) is 29.6 Å². The fraction of sp³-hybridized carbons (Fsp3) is 0.257. The lowest BCUT2D eigenvalue weighted by molar-refractivity contribution is -0.140. The van der Waals surface area contributed by atoms with Crippen LogP contribution in [0.5, 0.6) is 5.75 Å². The van der Waals surface area contributed by atoms with Crippen LogP contribution in [-0.2, 0) is 32.6 Å². The predicted octanol–water partition coefficient (Wildman–Crippen LogP) is 6.61. The Morgan fingerprint density at radius 3 is 2.11 bits per heavy atom. The molecular weight excluding hydrogens is 645 g/mol. The Bertz CT molecular complexity index is 1720. The number of nitrogens with one attached hydrogen (secondary N) is 1. The molecule has 4 aromatic carbocycles. The van der Waals surface area contributed by atoms with E-state index in [9.17, 15) is 18.0 Å². The molecule has 8 nitrogen and oxygen atoms in total. The average molecular weight is 683 g/mol. The second-order valence-corrected chi connectivity index (χ2v) is 13.9.